The first kappa shape index (κ1) is 19.8. The Morgan fingerprint density at radius 1 is 1.10 bits per heavy atom. The molecule has 0 aliphatic carbocycles. The molecule has 29 heavy (non-hydrogen) atoms. The molecule has 1 fully saturated rings. The van der Waals surface area contributed by atoms with E-state index in [1.54, 1.807) is 6.07 Å². The molecule has 0 radical (unpaired) electrons. The summed E-state index contributed by atoms with van der Waals surface area (Å²) < 4.78 is 6.40. The molecule has 1 aliphatic rings. The minimum atomic E-state index is -0.679. The maximum absolute atomic E-state index is 13.4. The summed E-state index contributed by atoms with van der Waals surface area (Å²) in [5, 5.41) is 6.94. The van der Waals surface area contributed by atoms with Gasteiger partial charge >= 0.3 is 0 Å². The first-order chi connectivity index (χ1) is 14.0. The number of hydrogen-bond donors (Lipinski definition) is 2. The van der Waals surface area contributed by atoms with Crippen LogP contribution in [0.1, 0.15) is 25.3 Å². The molecule has 3 aromatic rings. The van der Waals surface area contributed by atoms with Gasteiger partial charge in [-0.15, -0.1) is 0 Å². The summed E-state index contributed by atoms with van der Waals surface area (Å²) in [6, 6.07) is 12.9. The third kappa shape index (κ3) is 4.12. The van der Waals surface area contributed by atoms with E-state index in [0.717, 1.165) is 15.8 Å². The molecule has 1 aliphatic heterocycles. The van der Waals surface area contributed by atoms with Gasteiger partial charge in [0.05, 0.1) is 15.6 Å². The highest BCUT2D eigenvalue weighted by Crippen LogP contribution is 2.37. The van der Waals surface area contributed by atoms with Crippen LogP contribution < -0.4 is 10.6 Å². The van der Waals surface area contributed by atoms with Gasteiger partial charge in [0.1, 0.15) is 0 Å². The number of amides is 2. The summed E-state index contributed by atoms with van der Waals surface area (Å²) in [6.07, 6.45) is 1.19. The van der Waals surface area contributed by atoms with Crippen molar-refractivity contribution >= 4 is 55.8 Å². The molecule has 150 valence electrons. The van der Waals surface area contributed by atoms with Gasteiger partial charge in [0.2, 0.25) is 11.8 Å². The molecular weight excluding hydrogens is 410 g/mol. The second-order valence-corrected chi connectivity index (χ2v) is 8.51. The second-order valence-electron chi connectivity index (χ2n) is 7.04. The number of hydrogen-bond acceptors (Lipinski definition) is 5. The number of halogens is 1. The zero-order valence-corrected chi connectivity index (χ0v) is 17.4. The average Bonchev–Trinajstić information content (AvgIpc) is 3.10. The van der Waals surface area contributed by atoms with E-state index in [4.69, 9.17) is 16.3 Å². The fourth-order valence-corrected chi connectivity index (χ4v) is 4.64. The lowest BCUT2D eigenvalue weighted by molar-refractivity contribution is -0.125. The summed E-state index contributed by atoms with van der Waals surface area (Å²) >= 11 is 7.42. The van der Waals surface area contributed by atoms with Crippen molar-refractivity contribution in [2.24, 2.45) is 0 Å². The lowest BCUT2D eigenvalue weighted by Crippen LogP contribution is -2.44. The van der Waals surface area contributed by atoms with E-state index < -0.39 is 5.41 Å². The summed E-state index contributed by atoms with van der Waals surface area (Å²) in [4.78, 5) is 29.2. The molecule has 4 rings (SSSR count). The molecule has 2 amide bonds. The Labute approximate surface area is 177 Å². The Kier molecular flexibility index (Phi) is 5.54. The Hall–Kier alpha value is -2.48. The van der Waals surface area contributed by atoms with Crippen LogP contribution in [-0.2, 0) is 19.7 Å². The van der Waals surface area contributed by atoms with Gasteiger partial charge in [-0.1, -0.05) is 35.1 Å². The number of ether oxygens (including phenoxy) is 1. The van der Waals surface area contributed by atoms with Crippen molar-refractivity contribution < 1.29 is 14.3 Å². The van der Waals surface area contributed by atoms with E-state index in [-0.39, 0.29) is 11.8 Å². The van der Waals surface area contributed by atoms with Gasteiger partial charge in [0.15, 0.2) is 5.13 Å². The van der Waals surface area contributed by atoms with E-state index in [1.807, 2.05) is 36.4 Å². The number of aromatic nitrogens is 1. The van der Waals surface area contributed by atoms with Crippen molar-refractivity contribution in [1.29, 1.82) is 0 Å². The molecule has 0 atom stereocenters. The quantitative estimate of drug-likeness (QED) is 0.635. The number of anilines is 2. The first-order valence-electron chi connectivity index (χ1n) is 9.30. The van der Waals surface area contributed by atoms with E-state index in [1.165, 1.54) is 18.3 Å². The largest absolute Gasteiger partial charge is 0.381 e. The van der Waals surface area contributed by atoms with Crippen molar-refractivity contribution in [1.82, 2.24) is 4.98 Å². The number of thiazole rings is 1. The maximum Gasteiger partial charge on any atom is 0.236 e. The second kappa shape index (κ2) is 8.10. The first-order valence-corrected chi connectivity index (χ1v) is 10.5. The van der Waals surface area contributed by atoms with E-state index in [2.05, 4.69) is 15.6 Å². The van der Waals surface area contributed by atoms with Crippen molar-refractivity contribution in [3.63, 3.8) is 0 Å². The Morgan fingerprint density at radius 2 is 1.83 bits per heavy atom. The van der Waals surface area contributed by atoms with Crippen LogP contribution in [0.3, 0.4) is 0 Å². The molecule has 8 heteroatoms. The van der Waals surface area contributed by atoms with Crippen molar-refractivity contribution in [2.45, 2.75) is 25.2 Å². The molecule has 2 heterocycles. The highest BCUT2D eigenvalue weighted by molar-refractivity contribution is 7.22. The lowest BCUT2D eigenvalue weighted by atomic mass is 9.73. The summed E-state index contributed by atoms with van der Waals surface area (Å²) in [5.41, 5.74) is 1.72. The zero-order valence-electron chi connectivity index (χ0n) is 15.8. The van der Waals surface area contributed by atoms with Crippen LogP contribution >= 0.6 is 22.9 Å². The Morgan fingerprint density at radius 3 is 2.52 bits per heavy atom. The van der Waals surface area contributed by atoms with Crippen molar-refractivity contribution in [3.05, 3.63) is 53.1 Å². The third-order valence-electron chi connectivity index (χ3n) is 5.11. The van der Waals surface area contributed by atoms with Gasteiger partial charge in [-0.3, -0.25) is 9.59 Å². The summed E-state index contributed by atoms with van der Waals surface area (Å²) in [7, 11) is 0. The molecule has 2 N–H and O–H groups in total. The van der Waals surface area contributed by atoms with Gasteiger partial charge in [-0.25, -0.2) is 4.98 Å². The minimum Gasteiger partial charge on any atom is -0.381 e. The third-order valence-corrected chi connectivity index (χ3v) is 6.29. The van der Waals surface area contributed by atoms with Gasteiger partial charge in [0, 0.05) is 30.8 Å². The predicted molar refractivity (Wildman–Crippen MR) is 116 cm³/mol. The van der Waals surface area contributed by atoms with Crippen LogP contribution in [0, 0.1) is 0 Å². The topological polar surface area (TPSA) is 80.3 Å². The molecule has 6 nitrogen and oxygen atoms in total. The van der Waals surface area contributed by atoms with E-state index in [0.29, 0.717) is 41.9 Å². The molecule has 0 saturated carbocycles. The minimum absolute atomic E-state index is 0.0933. The number of fused-ring (bicyclic) bond motifs is 1. The Bertz CT molecular complexity index is 1060. The highest BCUT2D eigenvalue weighted by Gasteiger charge is 2.42. The fraction of sp³-hybridized carbons (Fsp3) is 0.286. The van der Waals surface area contributed by atoms with Crippen LogP contribution in [0.4, 0.5) is 10.8 Å². The normalized spacial score (nSPS) is 15.8. The molecule has 1 saturated heterocycles. The van der Waals surface area contributed by atoms with E-state index in [9.17, 15) is 9.59 Å². The predicted octanol–water partition coefficient (Wildman–Crippen LogP) is 4.60. The maximum atomic E-state index is 13.4. The van der Waals surface area contributed by atoms with Crippen LogP contribution in [0.25, 0.3) is 10.2 Å². The number of benzene rings is 2. The standard InChI is InChI=1S/C21H20ClN3O3S/c1-13(26)23-16-6-7-17-18(12-16)29-20(24-17)25-19(27)21(8-10-28-11-9-21)14-2-4-15(22)5-3-14/h2-7,12H,8-11H2,1H3,(H,23,26)(H,24,25,27). The number of nitrogens with zero attached hydrogens (tertiary/aromatic N) is 1. The monoisotopic (exact) mass is 429 g/mol. The average molecular weight is 430 g/mol. The molecule has 0 unspecified atom stereocenters. The summed E-state index contributed by atoms with van der Waals surface area (Å²) in [6.45, 7) is 2.51. The molecular formula is C21H20ClN3O3S. The van der Waals surface area contributed by atoms with E-state index >= 15 is 0 Å². The smallest absolute Gasteiger partial charge is 0.236 e. The van der Waals surface area contributed by atoms with Crippen LogP contribution in [-0.4, -0.2) is 30.0 Å². The number of rotatable bonds is 4. The molecule has 0 spiro atoms. The SMILES string of the molecule is CC(=O)Nc1ccc2nc(NC(=O)C3(c4ccc(Cl)cc4)CCOCC3)sc2c1. The van der Waals surface area contributed by atoms with Gasteiger partial charge < -0.3 is 15.4 Å². The Balaban J connectivity index is 1.62. The summed E-state index contributed by atoms with van der Waals surface area (Å²) in [5.74, 6) is -0.226. The van der Waals surface area contributed by atoms with Gasteiger partial charge in [-0.2, -0.15) is 0 Å². The van der Waals surface area contributed by atoms with Gasteiger partial charge in [0.25, 0.3) is 0 Å². The van der Waals surface area contributed by atoms with Crippen molar-refractivity contribution in [2.75, 3.05) is 23.8 Å². The number of carbonyl (C=O) groups excluding carboxylic acids is 2. The molecule has 2 aromatic carbocycles. The lowest BCUT2D eigenvalue weighted by Gasteiger charge is -2.36. The zero-order chi connectivity index (χ0) is 20.4. The van der Waals surface area contributed by atoms with Crippen LogP contribution in [0.15, 0.2) is 42.5 Å². The molecule has 0 bridgehead atoms. The number of carbonyl (C=O) groups is 2. The van der Waals surface area contributed by atoms with Crippen molar-refractivity contribution in [3.8, 4) is 0 Å². The fourth-order valence-electron chi connectivity index (χ4n) is 3.61. The highest BCUT2D eigenvalue weighted by atomic mass is 35.5. The van der Waals surface area contributed by atoms with Crippen LogP contribution in [0.5, 0.6) is 0 Å². The van der Waals surface area contributed by atoms with Crippen LogP contribution in [0.2, 0.25) is 5.02 Å². The molecule has 1 aromatic heterocycles. The van der Waals surface area contributed by atoms with Gasteiger partial charge in [-0.05, 0) is 48.7 Å². The number of nitrogens with one attached hydrogen (secondary N) is 2.